The van der Waals surface area contributed by atoms with E-state index < -0.39 is 6.10 Å². The van der Waals surface area contributed by atoms with Crippen molar-refractivity contribution in [1.82, 2.24) is 14.8 Å². The monoisotopic (exact) mass is 437 g/mol. The molecule has 1 atom stereocenters. The normalized spacial score (nSPS) is 16.4. The Morgan fingerprint density at radius 2 is 1.64 bits per heavy atom. The highest BCUT2D eigenvalue weighted by Crippen LogP contribution is 2.22. The molecule has 2 aliphatic heterocycles. The van der Waals surface area contributed by atoms with Crippen LogP contribution >= 0.6 is 0 Å². The summed E-state index contributed by atoms with van der Waals surface area (Å²) < 4.78 is 0. The molecule has 5 nitrogen and oxygen atoms in total. The van der Waals surface area contributed by atoms with Gasteiger partial charge in [-0.05, 0) is 59.9 Å². The first-order valence-electron chi connectivity index (χ1n) is 11.5. The van der Waals surface area contributed by atoms with E-state index >= 15 is 0 Å². The molecule has 2 aromatic carbocycles. The minimum absolute atomic E-state index is 0.00654. The number of fused-ring (bicyclic) bond motifs is 2. The number of aromatic nitrogens is 1. The Morgan fingerprint density at radius 3 is 2.48 bits per heavy atom. The third-order valence-electron chi connectivity index (χ3n) is 6.42. The topological polar surface area (TPSA) is 56.7 Å². The van der Waals surface area contributed by atoms with Gasteiger partial charge in [-0.25, -0.2) is 0 Å². The zero-order valence-corrected chi connectivity index (χ0v) is 18.6. The molecule has 0 saturated carbocycles. The first kappa shape index (κ1) is 21.4. The van der Waals surface area contributed by atoms with E-state index in [1.165, 1.54) is 11.1 Å². The van der Waals surface area contributed by atoms with Gasteiger partial charge in [-0.2, -0.15) is 0 Å². The number of nitrogens with zero attached hydrogens (tertiary/aromatic N) is 3. The molecule has 3 aromatic rings. The van der Waals surface area contributed by atoms with E-state index in [0.29, 0.717) is 19.6 Å². The van der Waals surface area contributed by atoms with Gasteiger partial charge in [0.15, 0.2) is 0 Å². The number of β-amino-alcohol motifs (C(OH)–C–C–N with tert-alkyl or cyclic N) is 1. The SMILES string of the molecule is O=C1c2ccc(C#Cc3ccncc3)cc2CCN1CC(O)CN1CCc2ccccc2C1. The molecule has 1 N–H and O–H groups in total. The van der Waals surface area contributed by atoms with Crippen molar-refractivity contribution in [3.63, 3.8) is 0 Å². The molecular formula is C28H27N3O2. The molecule has 0 radical (unpaired) electrons. The molecule has 0 fully saturated rings. The summed E-state index contributed by atoms with van der Waals surface area (Å²) in [5.74, 6) is 6.30. The van der Waals surface area contributed by atoms with Crippen LogP contribution in [0, 0.1) is 11.8 Å². The van der Waals surface area contributed by atoms with Crippen molar-refractivity contribution in [3.05, 3.63) is 100 Å². The number of hydrogen-bond acceptors (Lipinski definition) is 4. The molecule has 0 aliphatic carbocycles. The lowest BCUT2D eigenvalue weighted by Crippen LogP contribution is -2.46. The maximum Gasteiger partial charge on any atom is 0.254 e. The fourth-order valence-electron chi connectivity index (χ4n) is 4.69. The second-order valence-corrected chi connectivity index (χ2v) is 8.77. The molecule has 1 unspecified atom stereocenters. The molecule has 5 heteroatoms. The van der Waals surface area contributed by atoms with Gasteiger partial charge in [-0.1, -0.05) is 36.1 Å². The molecular weight excluding hydrogens is 410 g/mol. The molecule has 1 amide bonds. The van der Waals surface area contributed by atoms with Gasteiger partial charge >= 0.3 is 0 Å². The molecule has 0 bridgehead atoms. The fourth-order valence-corrected chi connectivity index (χ4v) is 4.69. The molecule has 5 rings (SSSR count). The zero-order valence-electron chi connectivity index (χ0n) is 18.6. The van der Waals surface area contributed by atoms with Gasteiger partial charge in [0.25, 0.3) is 5.91 Å². The Balaban J connectivity index is 1.20. The molecule has 0 spiro atoms. The molecule has 33 heavy (non-hydrogen) atoms. The van der Waals surface area contributed by atoms with Crippen molar-refractivity contribution >= 4 is 5.91 Å². The Hall–Kier alpha value is -3.46. The number of carbonyl (C=O) groups is 1. The Kier molecular flexibility index (Phi) is 6.21. The summed E-state index contributed by atoms with van der Waals surface area (Å²) in [5, 5.41) is 10.7. The highest BCUT2D eigenvalue weighted by molar-refractivity contribution is 5.97. The van der Waals surface area contributed by atoms with E-state index in [2.05, 4.69) is 46.0 Å². The number of pyridine rings is 1. The molecule has 1 aromatic heterocycles. The van der Waals surface area contributed by atoms with Gasteiger partial charge in [-0.15, -0.1) is 0 Å². The third kappa shape index (κ3) is 4.98. The largest absolute Gasteiger partial charge is 0.390 e. The minimum Gasteiger partial charge on any atom is -0.390 e. The number of benzene rings is 2. The summed E-state index contributed by atoms with van der Waals surface area (Å²) in [6, 6.07) is 18.0. The van der Waals surface area contributed by atoms with Crippen molar-refractivity contribution in [2.45, 2.75) is 25.5 Å². The summed E-state index contributed by atoms with van der Waals surface area (Å²) in [6.07, 6.45) is 4.66. The van der Waals surface area contributed by atoms with Crippen LogP contribution in [0.4, 0.5) is 0 Å². The van der Waals surface area contributed by atoms with Crippen LogP contribution in [-0.4, -0.2) is 58.1 Å². The van der Waals surface area contributed by atoms with Gasteiger partial charge in [-0.3, -0.25) is 14.7 Å². The number of hydrogen-bond donors (Lipinski definition) is 1. The maximum absolute atomic E-state index is 13.1. The van der Waals surface area contributed by atoms with E-state index in [1.54, 1.807) is 17.3 Å². The standard InChI is InChI=1S/C28H27N3O2/c32-26(19-30-15-11-23-3-1-2-4-25(23)18-30)20-31-16-12-24-17-22(7-8-27(24)28(31)33)6-5-21-9-13-29-14-10-21/h1-4,7-10,13-14,17,26,32H,11-12,15-16,18-20H2. The second-order valence-electron chi connectivity index (χ2n) is 8.77. The third-order valence-corrected chi connectivity index (χ3v) is 6.42. The van der Waals surface area contributed by atoms with E-state index in [0.717, 1.165) is 48.2 Å². The summed E-state index contributed by atoms with van der Waals surface area (Å²) in [5.41, 5.74) is 6.29. The highest BCUT2D eigenvalue weighted by atomic mass is 16.3. The Bertz CT molecular complexity index is 1210. The van der Waals surface area contributed by atoms with Crippen LogP contribution in [0.15, 0.2) is 67.0 Å². The van der Waals surface area contributed by atoms with Crippen LogP contribution in [0.25, 0.3) is 0 Å². The number of aliphatic hydroxyl groups is 1. The van der Waals surface area contributed by atoms with Gasteiger partial charge in [0.1, 0.15) is 0 Å². The molecule has 166 valence electrons. The van der Waals surface area contributed by atoms with Gasteiger partial charge in [0.05, 0.1) is 6.10 Å². The number of aliphatic hydroxyl groups excluding tert-OH is 1. The molecule has 3 heterocycles. The van der Waals surface area contributed by atoms with Crippen LogP contribution in [-0.2, 0) is 19.4 Å². The maximum atomic E-state index is 13.1. The summed E-state index contributed by atoms with van der Waals surface area (Å²) in [4.78, 5) is 21.1. The lowest BCUT2D eigenvalue weighted by atomic mass is 9.96. The Labute approximate surface area is 194 Å². The van der Waals surface area contributed by atoms with Gasteiger partial charge < -0.3 is 10.0 Å². The number of rotatable bonds is 4. The first-order chi connectivity index (χ1) is 16.2. The van der Waals surface area contributed by atoms with Crippen molar-refractivity contribution < 1.29 is 9.90 Å². The van der Waals surface area contributed by atoms with E-state index in [9.17, 15) is 9.90 Å². The average Bonchev–Trinajstić information content (AvgIpc) is 2.85. The van der Waals surface area contributed by atoms with Crippen LogP contribution < -0.4 is 0 Å². The fraction of sp³-hybridized carbons (Fsp3) is 0.286. The lowest BCUT2D eigenvalue weighted by Gasteiger charge is -2.34. The van der Waals surface area contributed by atoms with Crippen molar-refractivity contribution in [2.75, 3.05) is 26.2 Å². The van der Waals surface area contributed by atoms with Gasteiger partial charge in [0, 0.05) is 61.8 Å². The summed E-state index contributed by atoms with van der Waals surface area (Å²) in [6.45, 7) is 3.35. The minimum atomic E-state index is -0.564. The Morgan fingerprint density at radius 1 is 0.879 bits per heavy atom. The van der Waals surface area contributed by atoms with Crippen molar-refractivity contribution in [3.8, 4) is 11.8 Å². The van der Waals surface area contributed by atoms with Crippen molar-refractivity contribution in [1.29, 1.82) is 0 Å². The van der Waals surface area contributed by atoms with E-state index in [1.807, 2.05) is 30.3 Å². The first-order valence-corrected chi connectivity index (χ1v) is 11.5. The van der Waals surface area contributed by atoms with E-state index in [4.69, 9.17) is 0 Å². The van der Waals surface area contributed by atoms with Crippen LogP contribution in [0.2, 0.25) is 0 Å². The summed E-state index contributed by atoms with van der Waals surface area (Å²) >= 11 is 0. The lowest BCUT2D eigenvalue weighted by molar-refractivity contribution is 0.0493. The second kappa shape index (κ2) is 9.58. The highest BCUT2D eigenvalue weighted by Gasteiger charge is 2.27. The van der Waals surface area contributed by atoms with Crippen LogP contribution in [0.1, 0.15) is 38.2 Å². The number of carbonyl (C=O) groups excluding carboxylic acids is 1. The predicted octanol–water partition coefficient (Wildman–Crippen LogP) is 2.90. The van der Waals surface area contributed by atoms with Crippen molar-refractivity contribution in [2.24, 2.45) is 0 Å². The number of amides is 1. The molecule has 2 aliphatic rings. The molecule has 0 saturated heterocycles. The smallest absolute Gasteiger partial charge is 0.254 e. The van der Waals surface area contributed by atoms with Crippen LogP contribution in [0.3, 0.4) is 0 Å². The zero-order chi connectivity index (χ0) is 22.6. The van der Waals surface area contributed by atoms with E-state index in [-0.39, 0.29) is 5.91 Å². The van der Waals surface area contributed by atoms with Crippen LogP contribution in [0.5, 0.6) is 0 Å². The van der Waals surface area contributed by atoms with Gasteiger partial charge in [0.2, 0.25) is 0 Å². The predicted molar refractivity (Wildman–Crippen MR) is 128 cm³/mol. The quantitative estimate of drug-likeness (QED) is 0.638. The summed E-state index contributed by atoms with van der Waals surface area (Å²) in [7, 11) is 0. The average molecular weight is 438 g/mol.